The van der Waals surface area contributed by atoms with E-state index >= 15 is 0 Å². The van der Waals surface area contributed by atoms with Gasteiger partial charge in [-0.1, -0.05) is 18.2 Å². The molecule has 0 spiro atoms. The average molecular weight is 569 g/mol. The smallest absolute Gasteiger partial charge is 0.191 e. The summed E-state index contributed by atoms with van der Waals surface area (Å²) in [5.74, 6) is 2.63. The highest BCUT2D eigenvalue weighted by atomic mass is 127. The van der Waals surface area contributed by atoms with Crippen LogP contribution in [0, 0.1) is 6.92 Å². The quantitative estimate of drug-likeness (QED) is 0.300. The molecule has 0 saturated carbocycles. The van der Waals surface area contributed by atoms with E-state index in [1.165, 1.54) is 5.69 Å². The zero-order valence-corrected chi connectivity index (χ0v) is 22.1. The fourth-order valence-corrected chi connectivity index (χ4v) is 4.16. The SMILES string of the molecule is Cc1nnc(CN=C(NCCN2CCOCC2)NC2CCN(c3ccccc3)CC2)n1C.I. The molecule has 0 amide bonds. The van der Waals surface area contributed by atoms with Crippen LogP contribution in [0.2, 0.25) is 0 Å². The number of aryl methyl sites for hydroxylation is 1. The highest BCUT2D eigenvalue weighted by molar-refractivity contribution is 14.0. The molecule has 2 aliphatic heterocycles. The molecule has 2 aliphatic rings. The number of benzene rings is 1. The van der Waals surface area contributed by atoms with E-state index in [-0.39, 0.29) is 24.0 Å². The van der Waals surface area contributed by atoms with Crippen molar-refractivity contribution in [1.82, 2.24) is 30.3 Å². The highest BCUT2D eigenvalue weighted by Gasteiger charge is 2.20. The van der Waals surface area contributed by atoms with Gasteiger partial charge in [0.15, 0.2) is 11.8 Å². The highest BCUT2D eigenvalue weighted by Crippen LogP contribution is 2.19. The fourth-order valence-electron chi connectivity index (χ4n) is 4.16. The second-order valence-corrected chi connectivity index (χ2v) is 8.51. The van der Waals surface area contributed by atoms with Crippen molar-refractivity contribution in [1.29, 1.82) is 0 Å². The first kappa shape index (κ1) is 25.7. The Balaban J connectivity index is 0.00000306. The summed E-state index contributed by atoms with van der Waals surface area (Å²) in [6, 6.07) is 11.1. The molecular formula is C23H37IN8O. The number of anilines is 1. The maximum absolute atomic E-state index is 5.45. The third kappa shape index (κ3) is 7.54. The minimum Gasteiger partial charge on any atom is -0.379 e. The van der Waals surface area contributed by atoms with E-state index in [2.05, 4.69) is 61.0 Å². The molecule has 1 aromatic carbocycles. The number of hydrogen-bond donors (Lipinski definition) is 2. The van der Waals surface area contributed by atoms with Crippen molar-refractivity contribution in [3.05, 3.63) is 42.0 Å². The van der Waals surface area contributed by atoms with E-state index < -0.39 is 0 Å². The fraction of sp³-hybridized carbons (Fsp3) is 0.609. The summed E-state index contributed by atoms with van der Waals surface area (Å²) in [4.78, 5) is 9.73. The molecule has 3 heterocycles. The van der Waals surface area contributed by atoms with Crippen LogP contribution in [0.4, 0.5) is 5.69 Å². The molecule has 2 aromatic rings. The van der Waals surface area contributed by atoms with Crippen LogP contribution in [0.3, 0.4) is 0 Å². The van der Waals surface area contributed by atoms with Gasteiger partial charge < -0.3 is 24.8 Å². The van der Waals surface area contributed by atoms with Crippen LogP contribution in [0.25, 0.3) is 0 Å². The first-order valence-corrected chi connectivity index (χ1v) is 11.7. The molecule has 2 saturated heterocycles. The number of guanidine groups is 1. The summed E-state index contributed by atoms with van der Waals surface area (Å²) in [6.07, 6.45) is 2.17. The molecule has 0 radical (unpaired) electrons. The Labute approximate surface area is 214 Å². The van der Waals surface area contributed by atoms with Gasteiger partial charge in [-0.2, -0.15) is 0 Å². The molecule has 0 bridgehead atoms. The monoisotopic (exact) mass is 568 g/mol. The van der Waals surface area contributed by atoms with Gasteiger partial charge in [0.25, 0.3) is 0 Å². The molecule has 33 heavy (non-hydrogen) atoms. The van der Waals surface area contributed by atoms with Crippen LogP contribution in [0.1, 0.15) is 24.5 Å². The van der Waals surface area contributed by atoms with Gasteiger partial charge in [0.2, 0.25) is 0 Å². The molecule has 0 atom stereocenters. The van der Waals surface area contributed by atoms with Crippen molar-refractivity contribution in [3.8, 4) is 0 Å². The van der Waals surface area contributed by atoms with Gasteiger partial charge in [-0.25, -0.2) is 4.99 Å². The minimum atomic E-state index is 0. The predicted molar refractivity (Wildman–Crippen MR) is 142 cm³/mol. The summed E-state index contributed by atoms with van der Waals surface area (Å²) in [6.45, 7) is 10.0. The number of morpholine rings is 1. The molecule has 10 heteroatoms. The van der Waals surface area contributed by atoms with Gasteiger partial charge in [-0.05, 0) is 31.9 Å². The van der Waals surface area contributed by atoms with Crippen LogP contribution in [-0.2, 0) is 18.3 Å². The Morgan fingerprint density at radius 1 is 1.09 bits per heavy atom. The van der Waals surface area contributed by atoms with E-state index in [1.807, 2.05) is 18.5 Å². The van der Waals surface area contributed by atoms with Gasteiger partial charge in [0, 0.05) is 58.0 Å². The molecule has 1 aromatic heterocycles. The average Bonchev–Trinajstić information content (AvgIpc) is 3.16. The van der Waals surface area contributed by atoms with E-state index in [0.717, 1.165) is 82.9 Å². The molecule has 2 N–H and O–H groups in total. The number of aromatic nitrogens is 3. The molecule has 2 fully saturated rings. The molecule has 0 unspecified atom stereocenters. The van der Waals surface area contributed by atoms with Crippen molar-refractivity contribution >= 4 is 35.6 Å². The molecule has 9 nitrogen and oxygen atoms in total. The number of para-hydroxylation sites is 1. The van der Waals surface area contributed by atoms with Crippen LogP contribution < -0.4 is 15.5 Å². The predicted octanol–water partition coefficient (Wildman–Crippen LogP) is 1.78. The molecule has 0 aliphatic carbocycles. The van der Waals surface area contributed by atoms with E-state index in [0.29, 0.717) is 12.6 Å². The zero-order chi connectivity index (χ0) is 22.2. The number of aliphatic imine (C=N–C) groups is 1. The minimum absolute atomic E-state index is 0. The molecular weight excluding hydrogens is 531 g/mol. The van der Waals surface area contributed by atoms with Crippen LogP contribution >= 0.6 is 24.0 Å². The Bertz CT molecular complexity index is 861. The first-order chi connectivity index (χ1) is 15.7. The van der Waals surface area contributed by atoms with Gasteiger partial charge >= 0.3 is 0 Å². The lowest BCUT2D eigenvalue weighted by Crippen LogP contribution is -2.50. The van der Waals surface area contributed by atoms with E-state index in [1.54, 1.807) is 0 Å². The largest absolute Gasteiger partial charge is 0.379 e. The van der Waals surface area contributed by atoms with Crippen molar-refractivity contribution < 1.29 is 4.74 Å². The lowest BCUT2D eigenvalue weighted by molar-refractivity contribution is 0.0389. The number of ether oxygens (including phenoxy) is 1. The summed E-state index contributed by atoms with van der Waals surface area (Å²) in [5, 5.41) is 15.6. The summed E-state index contributed by atoms with van der Waals surface area (Å²) >= 11 is 0. The Hall–Kier alpha value is -1.92. The van der Waals surface area contributed by atoms with Crippen LogP contribution in [0.15, 0.2) is 35.3 Å². The topological polar surface area (TPSA) is 82.8 Å². The maximum Gasteiger partial charge on any atom is 0.191 e. The Morgan fingerprint density at radius 2 is 1.82 bits per heavy atom. The van der Waals surface area contributed by atoms with Crippen molar-refractivity contribution in [2.75, 3.05) is 57.4 Å². The van der Waals surface area contributed by atoms with E-state index in [4.69, 9.17) is 9.73 Å². The van der Waals surface area contributed by atoms with E-state index in [9.17, 15) is 0 Å². The zero-order valence-electron chi connectivity index (χ0n) is 19.7. The van der Waals surface area contributed by atoms with Crippen LogP contribution in [-0.4, -0.2) is 84.1 Å². The Morgan fingerprint density at radius 3 is 2.48 bits per heavy atom. The van der Waals surface area contributed by atoms with Gasteiger partial charge in [0.1, 0.15) is 12.4 Å². The molecule has 4 rings (SSSR count). The second kappa shape index (κ2) is 13.1. The summed E-state index contributed by atoms with van der Waals surface area (Å²) in [5.41, 5.74) is 1.31. The Kier molecular flexibility index (Phi) is 10.2. The normalized spacial score (nSPS) is 18.1. The van der Waals surface area contributed by atoms with Crippen molar-refractivity contribution in [2.24, 2.45) is 12.0 Å². The number of nitrogens with zero attached hydrogens (tertiary/aromatic N) is 6. The van der Waals surface area contributed by atoms with Crippen molar-refractivity contribution in [3.63, 3.8) is 0 Å². The number of rotatable bonds is 7. The summed E-state index contributed by atoms with van der Waals surface area (Å²) in [7, 11) is 1.98. The number of halogens is 1. The van der Waals surface area contributed by atoms with Crippen molar-refractivity contribution in [2.45, 2.75) is 32.4 Å². The number of piperidine rings is 1. The van der Waals surface area contributed by atoms with Gasteiger partial charge in [-0.15, -0.1) is 34.2 Å². The van der Waals surface area contributed by atoms with Gasteiger partial charge in [0.05, 0.1) is 13.2 Å². The lowest BCUT2D eigenvalue weighted by atomic mass is 10.0. The van der Waals surface area contributed by atoms with Crippen LogP contribution in [0.5, 0.6) is 0 Å². The first-order valence-electron chi connectivity index (χ1n) is 11.7. The third-order valence-electron chi connectivity index (χ3n) is 6.34. The second-order valence-electron chi connectivity index (χ2n) is 8.51. The standard InChI is InChI=1S/C23H36N8O.HI/c1-19-27-28-22(29(19)2)18-25-23(24-10-13-30-14-16-32-17-15-30)26-20-8-11-31(12-9-20)21-6-4-3-5-7-21;/h3-7,20H,8-18H2,1-2H3,(H2,24,25,26);1H. The maximum atomic E-state index is 5.45. The third-order valence-corrected chi connectivity index (χ3v) is 6.34. The molecule has 182 valence electrons. The lowest BCUT2D eigenvalue weighted by Gasteiger charge is -2.34. The van der Waals surface area contributed by atoms with Gasteiger partial charge in [-0.3, -0.25) is 4.90 Å². The number of nitrogens with one attached hydrogen (secondary N) is 2. The summed E-state index contributed by atoms with van der Waals surface area (Å²) < 4.78 is 7.44. The number of hydrogen-bond acceptors (Lipinski definition) is 6.